The van der Waals surface area contributed by atoms with Crippen LogP contribution in [0.1, 0.15) is 41.0 Å². The Hall–Kier alpha value is -2.82. The number of amides is 1. The largest absolute Gasteiger partial charge is 0.755 e. The first-order chi connectivity index (χ1) is 17.7. The van der Waals surface area contributed by atoms with Gasteiger partial charge in [-0.25, -0.2) is 0 Å². The second-order valence-corrected chi connectivity index (χ2v) is 11.1. The molecule has 1 N–H and O–H groups in total. The van der Waals surface area contributed by atoms with Crippen LogP contribution in [0.15, 0.2) is 72.8 Å². The van der Waals surface area contributed by atoms with E-state index in [1.165, 1.54) is 12.1 Å². The number of hydrogen-bond acceptors (Lipinski definition) is 6. The first-order valence-electron chi connectivity index (χ1n) is 11.2. The van der Waals surface area contributed by atoms with E-state index in [4.69, 9.17) is 23.2 Å². The van der Waals surface area contributed by atoms with Crippen molar-refractivity contribution in [3.8, 4) is 0 Å². The van der Waals surface area contributed by atoms with Gasteiger partial charge in [-0.3, -0.25) is 13.3 Å². The topological polar surface area (TPSA) is 98.2 Å². The third-order valence-electron chi connectivity index (χ3n) is 5.83. The van der Waals surface area contributed by atoms with E-state index in [1.807, 2.05) is 56.3 Å². The van der Waals surface area contributed by atoms with E-state index >= 15 is 0 Å². The maximum absolute atomic E-state index is 13.3. The number of anilines is 2. The number of hydrogen-bond donors (Lipinski definition) is 1. The van der Waals surface area contributed by atoms with E-state index in [0.29, 0.717) is 23.7 Å². The summed E-state index contributed by atoms with van der Waals surface area (Å²) in [5.41, 5.74) is 2.23. The molecule has 37 heavy (non-hydrogen) atoms. The van der Waals surface area contributed by atoms with Crippen molar-refractivity contribution in [1.29, 1.82) is 0 Å². The molecule has 0 bridgehead atoms. The van der Waals surface area contributed by atoms with Crippen molar-refractivity contribution >= 4 is 63.6 Å². The molecule has 0 spiro atoms. The predicted molar refractivity (Wildman–Crippen MR) is 148 cm³/mol. The molecule has 0 saturated heterocycles. The zero-order valence-electron chi connectivity index (χ0n) is 20.0. The van der Waals surface area contributed by atoms with E-state index < -0.39 is 22.6 Å². The van der Waals surface area contributed by atoms with Gasteiger partial charge in [0.15, 0.2) is 5.82 Å². The molecule has 0 aliphatic carbocycles. The Morgan fingerprint density at radius 3 is 2.38 bits per heavy atom. The van der Waals surface area contributed by atoms with Crippen LogP contribution in [-0.2, 0) is 23.1 Å². The number of halogens is 2. The lowest BCUT2D eigenvalue weighted by Gasteiger charge is -2.28. The fourth-order valence-electron chi connectivity index (χ4n) is 3.79. The van der Waals surface area contributed by atoms with Gasteiger partial charge >= 0.3 is 0 Å². The smallest absolute Gasteiger partial charge is 0.253 e. The van der Waals surface area contributed by atoms with E-state index in [9.17, 15) is 13.6 Å². The minimum atomic E-state index is -2.80. The van der Waals surface area contributed by atoms with Gasteiger partial charge in [-0.15, -0.1) is 0 Å². The third-order valence-corrected chi connectivity index (χ3v) is 7.54. The highest BCUT2D eigenvalue weighted by atomic mass is 35.5. The van der Waals surface area contributed by atoms with Gasteiger partial charge in [0, 0.05) is 28.4 Å². The number of nitrogens with one attached hydrogen (secondary N) is 1. The maximum atomic E-state index is 13.3. The number of carbonyl (C=O) groups excluding carboxylic acids is 1. The molecular formula is C26H23Cl2N4O3S2-. The summed E-state index contributed by atoms with van der Waals surface area (Å²) >= 11 is 10.3. The molecule has 1 heterocycles. The van der Waals surface area contributed by atoms with Gasteiger partial charge in [-0.05, 0) is 41.5 Å². The molecule has 0 fully saturated rings. The summed E-state index contributed by atoms with van der Waals surface area (Å²) < 4.78 is 34.5. The van der Waals surface area contributed by atoms with E-state index in [2.05, 4.69) is 14.1 Å². The molecule has 0 saturated carbocycles. The fourth-order valence-corrected chi connectivity index (χ4v) is 5.28. The van der Waals surface area contributed by atoms with Crippen LogP contribution < -0.4 is 9.62 Å². The molecule has 1 unspecified atom stereocenters. The molecule has 3 aromatic carbocycles. The van der Waals surface area contributed by atoms with Crippen LogP contribution in [0.5, 0.6) is 0 Å². The molecule has 1 aromatic heterocycles. The van der Waals surface area contributed by atoms with Crippen molar-refractivity contribution in [2.24, 2.45) is 0 Å². The van der Waals surface area contributed by atoms with Crippen molar-refractivity contribution in [3.05, 3.63) is 105 Å². The van der Waals surface area contributed by atoms with Crippen molar-refractivity contribution in [2.45, 2.75) is 25.7 Å². The summed E-state index contributed by atoms with van der Waals surface area (Å²) in [4.78, 5) is 13.3. The molecule has 1 atom stereocenters. The summed E-state index contributed by atoms with van der Waals surface area (Å²) in [5, 5.41) is 3.83. The van der Waals surface area contributed by atoms with Crippen molar-refractivity contribution in [3.63, 3.8) is 0 Å². The Morgan fingerprint density at radius 1 is 1.03 bits per heavy atom. The maximum Gasteiger partial charge on any atom is 0.253 e. The summed E-state index contributed by atoms with van der Waals surface area (Å²) in [6, 6.07) is 21.4. The van der Waals surface area contributed by atoms with Gasteiger partial charge in [-0.2, -0.15) is 8.75 Å². The number of nitrogens with zero attached hydrogens (tertiary/aromatic N) is 3. The minimum absolute atomic E-state index is 0.0876. The third kappa shape index (κ3) is 6.55. The number of carbonyl (C=O) groups is 1. The summed E-state index contributed by atoms with van der Waals surface area (Å²) in [6.45, 7) is 4.29. The van der Waals surface area contributed by atoms with Crippen molar-refractivity contribution in [2.75, 3.05) is 10.8 Å². The van der Waals surface area contributed by atoms with Crippen LogP contribution in [-0.4, -0.2) is 30.0 Å². The lowest BCUT2D eigenvalue weighted by molar-refractivity contribution is 0.0946. The molecule has 0 aliphatic rings. The summed E-state index contributed by atoms with van der Waals surface area (Å²) in [5.74, 6) is -0.322. The lowest BCUT2D eigenvalue weighted by atomic mass is 9.84. The Balaban J connectivity index is 1.64. The van der Waals surface area contributed by atoms with Gasteiger partial charge in [-0.1, -0.05) is 79.5 Å². The summed E-state index contributed by atoms with van der Waals surface area (Å²) in [6.07, 6.45) is 0.373. The highest BCUT2D eigenvalue weighted by Gasteiger charge is 2.26. The Labute approximate surface area is 232 Å². The molecule has 1 amide bonds. The molecule has 192 valence electrons. The first kappa shape index (κ1) is 27.2. The fraction of sp³-hybridized carbons (Fsp3) is 0.192. The van der Waals surface area contributed by atoms with E-state index in [0.717, 1.165) is 27.2 Å². The highest BCUT2D eigenvalue weighted by molar-refractivity contribution is 7.81. The van der Waals surface area contributed by atoms with Crippen molar-refractivity contribution in [1.82, 2.24) is 14.1 Å². The monoisotopic (exact) mass is 573 g/mol. The van der Waals surface area contributed by atoms with Gasteiger partial charge < -0.3 is 9.87 Å². The Morgan fingerprint density at radius 2 is 1.70 bits per heavy atom. The Kier molecular flexibility index (Phi) is 8.61. The zero-order chi connectivity index (χ0) is 26.6. The predicted octanol–water partition coefficient (Wildman–Crippen LogP) is 6.08. The molecular weight excluding hydrogens is 551 g/mol. The highest BCUT2D eigenvalue weighted by Crippen LogP contribution is 2.34. The van der Waals surface area contributed by atoms with E-state index in [1.54, 1.807) is 18.2 Å². The second kappa shape index (κ2) is 11.7. The molecule has 11 heteroatoms. The quantitative estimate of drug-likeness (QED) is 0.245. The van der Waals surface area contributed by atoms with Gasteiger partial charge in [0.05, 0.1) is 34.2 Å². The van der Waals surface area contributed by atoms with Crippen molar-refractivity contribution < 1.29 is 13.6 Å². The van der Waals surface area contributed by atoms with E-state index in [-0.39, 0.29) is 22.1 Å². The average molecular weight is 575 g/mol. The lowest BCUT2D eigenvalue weighted by Crippen LogP contribution is -2.37. The second-order valence-electron chi connectivity index (χ2n) is 8.94. The van der Waals surface area contributed by atoms with Gasteiger partial charge in [0.1, 0.15) is 5.69 Å². The van der Waals surface area contributed by atoms with Crippen LogP contribution in [0.2, 0.25) is 10.0 Å². The Bertz CT molecular complexity index is 1410. The summed E-state index contributed by atoms with van der Waals surface area (Å²) in [7, 11) is 0. The van der Waals surface area contributed by atoms with Crippen LogP contribution in [0.25, 0.3) is 0 Å². The molecule has 0 radical (unpaired) electrons. The normalized spacial score (nSPS) is 12.2. The van der Waals surface area contributed by atoms with Crippen LogP contribution in [0, 0.1) is 0 Å². The van der Waals surface area contributed by atoms with Crippen LogP contribution in [0.3, 0.4) is 0 Å². The standard InChI is InChI=1S/C26H24Cl2N4O3S2/c1-26(2,18-8-10-19(27)11-9-18)16-29-25(33)21-13-12-20(28)15-23(21)32(37(34)35)24-22(30-36-31-24)14-17-6-4-3-5-7-17/h3-13,15H,14,16H2,1-2H3,(H,29,33)(H,34,35)/p-1. The molecule has 7 nitrogen and oxygen atoms in total. The number of rotatable bonds is 9. The SMILES string of the molecule is CC(C)(CNC(=O)c1ccc(Cl)cc1N(c1nsnc1Cc1ccccc1)S(=O)[O-])c1ccc(Cl)cc1. The zero-order valence-corrected chi connectivity index (χ0v) is 23.1. The molecule has 0 aliphatic heterocycles. The molecule has 4 aromatic rings. The first-order valence-corrected chi connectivity index (χ1v) is 13.8. The van der Waals surface area contributed by atoms with Gasteiger partial charge in [0.2, 0.25) is 0 Å². The molecule has 4 rings (SSSR count). The van der Waals surface area contributed by atoms with Crippen LogP contribution >= 0.6 is 34.9 Å². The minimum Gasteiger partial charge on any atom is -0.755 e. The number of aromatic nitrogens is 2. The number of benzene rings is 3. The van der Waals surface area contributed by atoms with Crippen LogP contribution in [0.4, 0.5) is 11.5 Å². The van der Waals surface area contributed by atoms with Gasteiger partial charge in [0.25, 0.3) is 5.91 Å². The average Bonchev–Trinajstić information content (AvgIpc) is 3.31.